The molecule has 0 radical (unpaired) electrons. The summed E-state index contributed by atoms with van der Waals surface area (Å²) in [5.74, 6) is -0.804. The van der Waals surface area contributed by atoms with Gasteiger partial charge in [-0.1, -0.05) is 0 Å². The van der Waals surface area contributed by atoms with Crippen LogP contribution in [0, 0.1) is 11.6 Å². The summed E-state index contributed by atoms with van der Waals surface area (Å²) in [6.07, 6.45) is 4.35. The van der Waals surface area contributed by atoms with Crippen molar-refractivity contribution in [1.29, 1.82) is 0 Å². The molecule has 0 spiro atoms. The molecule has 1 aliphatic heterocycles. The molecule has 3 aromatic rings. The van der Waals surface area contributed by atoms with E-state index in [4.69, 9.17) is 9.15 Å². The SMILES string of the molecule is O=C1COc2ncc(F)cc2N1[C@H]1CC[C@H](NCCNc2cc(=O)oc3ccc(F)cc23)CC1. The van der Waals surface area contributed by atoms with E-state index in [1.165, 1.54) is 30.3 Å². The predicted octanol–water partition coefficient (Wildman–Crippen LogP) is 3.20. The Morgan fingerprint density at radius 3 is 2.68 bits per heavy atom. The second-order valence-corrected chi connectivity index (χ2v) is 8.54. The molecule has 1 aliphatic carbocycles. The van der Waals surface area contributed by atoms with Crippen LogP contribution < -0.4 is 25.9 Å². The summed E-state index contributed by atoms with van der Waals surface area (Å²) >= 11 is 0. The minimum absolute atomic E-state index is 0.0280. The molecule has 2 aliphatic rings. The normalized spacial score (nSPS) is 20.2. The lowest BCUT2D eigenvalue weighted by molar-refractivity contribution is -0.122. The van der Waals surface area contributed by atoms with Crippen molar-refractivity contribution in [3.8, 4) is 5.88 Å². The number of halogens is 2. The number of hydrogen-bond acceptors (Lipinski definition) is 7. The zero-order valence-electron chi connectivity index (χ0n) is 18.4. The van der Waals surface area contributed by atoms with Crippen LogP contribution in [0.5, 0.6) is 5.88 Å². The van der Waals surface area contributed by atoms with Crippen LogP contribution in [0.3, 0.4) is 0 Å². The van der Waals surface area contributed by atoms with Gasteiger partial charge >= 0.3 is 5.63 Å². The largest absolute Gasteiger partial charge is 0.466 e. The summed E-state index contributed by atoms with van der Waals surface area (Å²) in [6, 6.07) is 6.90. The zero-order valence-corrected chi connectivity index (χ0v) is 18.4. The van der Waals surface area contributed by atoms with Crippen LogP contribution in [0.1, 0.15) is 25.7 Å². The highest BCUT2D eigenvalue weighted by Gasteiger charge is 2.35. The first-order chi connectivity index (χ1) is 16.5. The number of pyridine rings is 1. The molecule has 2 N–H and O–H groups in total. The highest BCUT2D eigenvalue weighted by atomic mass is 19.1. The van der Waals surface area contributed by atoms with Gasteiger partial charge in [0, 0.05) is 42.7 Å². The molecule has 3 heterocycles. The first kappa shape index (κ1) is 22.3. The maximum Gasteiger partial charge on any atom is 0.338 e. The van der Waals surface area contributed by atoms with E-state index in [1.54, 1.807) is 4.90 Å². The standard InChI is InChI=1S/C24H24F2N4O4/c25-14-1-6-21-18(9-14)19(11-23(32)34-21)28-8-7-27-16-2-4-17(5-3-16)30-20-10-15(26)12-29-24(20)33-13-22(30)31/h1,6,9-12,16-17,27-28H,2-5,7-8,13H2/t16-,17-. The fraction of sp³-hybridized carbons (Fsp3) is 0.375. The third-order valence-corrected chi connectivity index (χ3v) is 6.30. The van der Waals surface area contributed by atoms with Crippen molar-refractivity contribution in [3.05, 3.63) is 58.6 Å². The number of hydrogen-bond donors (Lipinski definition) is 2. The van der Waals surface area contributed by atoms with Crippen LogP contribution in [0.15, 0.2) is 45.7 Å². The van der Waals surface area contributed by atoms with Crippen LogP contribution in [0.4, 0.5) is 20.2 Å². The summed E-state index contributed by atoms with van der Waals surface area (Å²) in [6.45, 7) is 1.09. The van der Waals surface area contributed by atoms with Gasteiger partial charge in [-0.05, 0) is 43.9 Å². The maximum atomic E-state index is 13.7. The highest BCUT2D eigenvalue weighted by molar-refractivity contribution is 5.98. The summed E-state index contributed by atoms with van der Waals surface area (Å²) in [5.41, 5.74) is 0.758. The van der Waals surface area contributed by atoms with Crippen molar-refractivity contribution in [2.45, 2.75) is 37.8 Å². The molecule has 5 rings (SSSR count). The smallest absolute Gasteiger partial charge is 0.338 e. The molecule has 0 saturated heterocycles. The number of anilines is 2. The fourth-order valence-corrected chi connectivity index (χ4v) is 4.73. The molecule has 0 unspecified atom stereocenters. The summed E-state index contributed by atoms with van der Waals surface area (Å²) in [4.78, 5) is 29.9. The number of amides is 1. The minimum Gasteiger partial charge on any atom is -0.466 e. The molecular formula is C24H24F2N4O4. The molecule has 2 aromatic heterocycles. The monoisotopic (exact) mass is 470 g/mol. The molecule has 10 heteroatoms. The molecule has 0 atom stereocenters. The fourth-order valence-electron chi connectivity index (χ4n) is 4.73. The number of carbonyl (C=O) groups is 1. The van der Waals surface area contributed by atoms with E-state index in [9.17, 15) is 18.4 Å². The van der Waals surface area contributed by atoms with E-state index in [2.05, 4.69) is 15.6 Å². The number of benzene rings is 1. The number of fused-ring (bicyclic) bond motifs is 2. The van der Waals surface area contributed by atoms with Crippen molar-refractivity contribution in [1.82, 2.24) is 10.3 Å². The topological polar surface area (TPSA) is 96.7 Å². The number of aromatic nitrogens is 1. The Kier molecular flexibility index (Phi) is 6.14. The molecule has 1 amide bonds. The lowest BCUT2D eigenvalue weighted by Crippen LogP contribution is -2.49. The molecule has 8 nitrogen and oxygen atoms in total. The van der Waals surface area contributed by atoms with E-state index >= 15 is 0 Å². The third-order valence-electron chi connectivity index (χ3n) is 6.30. The number of carbonyl (C=O) groups excluding carboxylic acids is 1. The van der Waals surface area contributed by atoms with Crippen LogP contribution in [-0.2, 0) is 4.79 Å². The lowest BCUT2D eigenvalue weighted by Gasteiger charge is -2.39. The van der Waals surface area contributed by atoms with Crippen LogP contribution in [0.2, 0.25) is 0 Å². The van der Waals surface area contributed by atoms with Crippen LogP contribution >= 0.6 is 0 Å². The minimum atomic E-state index is -0.503. The van der Waals surface area contributed by atoms with Gasteiger partial charge in [-0.25, -0.2) is 18.6 Å². The average Bonchev–Trinajstić information content (AvgIpc) is 2.82. The van der Waals surface area contributed by atoms with E-state index < -0.39 is 17.3 Å². The van der Waals surface area contributed by atoms with E-state index in [-0.39, 0.29) is 30.5 Å². The Morgan fingerprint density at radius 2 is 1.85 bits per heavy atom. The Balaban J connectivity index is 1.15. The van der Waals surface area contributed by atoms with Crippen molar-refractivity contribution in [3.63, 3.8) is 0 Å². The first-order valence-electron chi connectivity index (χ1n) is 11.3. The van der Waals surface area contributed by atoms with Gasteiger partial charge in [0.1, 0.15) is 22.9 Å². The Hall–Kier alpha value is -3.53. The number of rotatable bonds is 6. The van der Waals surface area contributed by atoms with Gasteiger partial charge in [-0.15, -0.1) is 0 Å². The Morgan fingerprint density at radius 1 is 1.03 bits per heavy atom. The van der Waals surface area contributed by atoms with Gasteiger partial charge in [0.25, 0.3) is 5.91 Å². The van der Waals surface area contributed by atoms with Crippen molar-refractivity contribution < 1.29 is 22.7 Å². The second kappa shape index (κ2) is 9.38. The van der Waals surface area contributed by atoms with Gasteiger partial charge in [-0.2, -0.15) is 0 Å². The summed E-state index contributed by atoms with van der Waals surface area (Å²) < 4.78 is 37.8. The highest BCUT2D eigenvalue weighted by Crippen LogP contribution is 2.35. The first-order valence-corrected chi connectivity index (χ1v) is 11.3. The van der Waals surface area contributed by atoms with Crippen LogP contribution in [0.25, 0.3) is 11.0 Å². The third kappa shape index (κ3) is 4.58. The zero-order chi connectivity index (χ0) is 23.7. The van der Waals surface area contributed by atoms with Crippen LogP contribution in [-0.4, -0.2) is 42.7 Å². The van der Waals surface area contributed by atoms with Crippen molar-refractivity contribution in [2.75, 3.05) is 29.9 Å². The summed E-state index contributed by atoms with van der Waals surface area (Å²) in [7, 11) is 0. The predicted molar refractivity (Wildman–Crippen MR) is 122 cm³/mol. The van der Waals surface area contributed by atoms with Gasteiger partial charge in [0.15, 0.2) is 6.61 Å². The molecular weight excluding hydrogens is 446 g/mol. The number of nitrogens with one attached hydrogen (secondary N) is 2. The van der Waals surface area contributed by atoms with E-state index in [0.717, 1.165) is 31.9 Å². The van der Waals surface area contributed by atoms with E-state index in [0.29, 0.717) is 35.4 Å². The molecule has 34 heavy (non-hydrogen) atoms. The van der Waals surface area contributed by atoms with Crippen molar-refractivity contribution >= 4 is 28.3 Å². The maximum absolute atomic E-state index is 13.7. The molecule has 1 saturated carbocycles. The molecule has 1 aromatic carbocycles. The van der Waals surface area contributed by atoms with Crippen molar-refractivity contribution in [2.24, 2.45) is 0 Å². The van der Waals surface area contributed by atoms with Gasteiger partial charge in [0.2, 0.25) is 5.88 Å². The molecule has 1 fully saturated rings. The molecule has 178 valence electrons. The van der Waals surface area contributed by atoms with Gasteiger partial charge < -0.3 is 24.7 Å². The lowest BCUT2D eigenvalue weighted by atomic mass is 9.89. The quantitative estimate of drug-likeness (QED) is 0.422. The Labute approximate surface area is 193 Å². The summed E-state index contributed by atoms with van der Waals surface area (Å²) in [5, 5.41) is 7.18. The average molecular weight is 470 g/mol. The Bertz CT molecular complexity index is 1270. The number of nitrogens with zero attached hydrogens (tertiary/aromatic N) is 2. The van der Waals surface area contributed by atoms with Gasteiger partial charge in [0.05, 0.1) is 11.9 Å². The number of ether oxygens (including phenoxy) is 1. The van der Waals surface area contributed by atoms with Gasteiger partial charge in [-0.3, -0.25) is 4.79 Å². The molecule has 0 bridgehead atoms. The van der Waals surface area contributed by atoms with E-state index in [1.807, 2.05) is 0 Å². The second-order valence-electron chi connectivity index (χ2n) is 8.54.